The maximum absolute atomic E-state index is 11.1. The van der Waals surface area contributed by atoms with E-state index in [0.29, 0.717) is 17.5 Å². The second-order valence-electron chi connectivity index (χ2n) is 7.73. The van der Waals surface area contributed by atoms with E-state index in [9.17, 15) is 4.79 Å². The third-order valence-electron chi connectivity index (χ3n) is 6.13. The Morgan fingerprint density at radius 2 is 1.75 bits per heavy atom. The fourth-order valence-corrected chi connectivity index (χ4v) is 4.73. The van der Waals surface area contributed by atoms with Gasteiger partial charge in [-0.3, -0.25) is 0 Å². The molecule has 0 amide bonds. The molecule has 1 saturated carbocycles. The summed E-state index contributed by atoms with van der Waals surface area (Å²) in [6, 6.07) is 23.2. The minimum absolute atomic E-state index is 0.363. The van der Waals surface area contributed by atoms with Gasteiger partial charge in [0.05, 0.1) is 5.56 Å². The maximum atomic E-state index is 11.1. The van der Waals surface area contributed by atoms with E-state index in [1.165, 1.54) is 41.3 Å². The highest BCUT2D eigenvalue weighted by Gasteiger charge is 2.28. The number of hydrogen-bond acceptors (Lipinski definition) is 2. The van der Waals surface area contributed by atoms with Gasteiger partial charge in [-0.1, -0.05) is 55.0 Å². The molecule has 3 aromatic carbocycles. The van der Waals surface area contributed by atoms with Gasteiger partial charge in [0.1, 0.15) is 0 Å². The molecule has 0 aliphatic heterocycles. The van der Waals surface area contributed by atoms with Crippen LogP contribution in [0.1, 0.15) is 54.4 Å². The molecule has 1 aliphatic rings. The number of benzene rings is 3. The Labute approximate surface area is 166 Å². The highest BCUT2D eigenvalue weighted by Crippen LogP contribution is 2.38. The largest absolute Gasteiger partial charge is 0.478 e. The number of carboxylic acid groups (broad SMARTS) is 1. The Bertz CT molecular complexity index is 958. The van der Waals surface area contributed by atoms with E-state index in [2.05, 4.69) is 54.3 Å². The molecule has 1 N–H and O–H groups in total. The molecule has 3 heteroatoms. The molecule has 0 radical (unpaired) electrons. The average Bonchev–Trinajstić information content (AvgIpc) is 2.75. The summed E-state index contributed by atoms with van der Waals surface area (Å²) in [6.07, 6.45) is 4.71. The molecule has 3 nitrogen and oxygen atoms in total. The molecule has 28 heavy (non-hydrogen) atoms. The maximum Gasteiger partial charge on any atom is 0.335 e. The molecule has 2 atom stereocenters. The van der Waals surface area contributed by atoms with Gasteiger partial charge >= 0.3 is 5.97 Å². The summed E-state index contributed by atoms with van der Waals surface area (Å²) in [7, 11) is 0. The molecule has 4 rings (SSSR count). The first-order valence-electron chi connectivity index (χ1n) is 10.2. The minimum Gasteiger partial charge on any atom is -0.478 e. The fourth-order valence-electron chi connectivity index (χ4n) is 4.73. The fraction of sp³-hybridized carbons (Fsp3) is 0.320. The Balaban J connectivity index is 1.59. The Hall–Kier alpha value is -2.81. The van der Waals surface area contributed by atoms with Crippen molar-refractivity contribution < 1.29 is 9.90 Å². The van der Waals surface area contributed by atoms with Gasteiger partial charge in [-0.25, -0.2) is 4.79 Å². The van der Waals surface area contributed by atoms with Crippen LogP contribution in [0.15, 0.2) is 66.7 Å². The molecular weight excluding hydrogens is 346 g/mol. The molecule has 2 unspecified atom stereocenters. The van der Waals surface area contributed by atoms with E-state index in [0.717, 1.165) is 13.0 Å². The van der Waals surface area contributed by atoms with Crippen LogP contribution in [0, 0.1) is 0 Å². The van der Waals surface area contributed by atoms with E-state index in [-0.39, 0.29) is 0 Å². The SMILES string of the molecule is CCN(c1cccc2ccccc12)C1CCCC(c2ccc(C(=O)O)cc2)C1. The average molecular weight is 373 g/mol. The number of carboxylic acids is 1. The number of fused-ring (bicyclic) bond motifs is 1. The predicted molar refractivity (Wildman–Crippen MR) is 115 cm³/mol. The summed E-state index contributed by atoms with van der Waals surface area (Å²) in [5.41, 5.74) is 2.96. The van der Waals surface area contributed by atoms with Gasteiger partial charge in [0, 0.05) is 23.7 Å². The van der Waals surface area contributed by atoms with Gasteiger partial charge in [0.2, 0.25) is 0 Å². The summed E-state index contributed by atoms with van der Waals surface area (Å²) >= 11 is 0. The van der Waals surface area contributed by atoms with Crippen molar-refractivity contribution >= 4 is 22.4 Å². The number of rotatable bonds is 5. The minimum atomic E-state index is -0.860. The van der Waals surface area contributed by atoms with Crippen molar-refractivity contribution in [1.82, 2.24) is 0 Å². The number of aromatic carboxylic acids is 1. The summed E-state index contributed by atoms with van der Waals surface area (Å²) in [4.78, 5) is 13.7. The van der Waals surface area contributed by atoms with Gasteiger partial charge in [0.15, 0.2) is 0 Å². The normalized spacial score (nSPS) is 19.5. The predicted octanol–water partition coefficient (Wildman–Crippen LogP) is 6.09. The Morgan fingerprint density at radius 3 is 2.50 bits per heavy atom. The summed E-state index contributed by atoms with van der Waals surface area (Å²) in [5.74, 6) is -0.369. The zero-order valence-electron chi connectivity index (χ0n) is 16.3. The Morgan fingerprint density at radius 1 is 1.00 bits per heavy atom. The van der Waals surface area contributed by atoms with Crippen LogP contribution in [0.2, 0.25) is 0 Å². The van der Waals surface area contributed by atoms with E-state index in [4.69, 9.17) is 5.11 Å². The summed E-state index contributed by atoms with van der Waals surface area (Å²) in [6.45, 7) is 3.23. The van der Waals surface area contributed by atoms with Gasteiger partial charge < -0.3 is 10.0 Å². The first-order chi connectivity index (χ1) is 13.7. The molecular formula is C25H27NO2. The first kappa shape index (κ1) is 18.5. The van der Waals surface area contributed by atoms with E-state index in [1.807, 2.05) is 12.1 Å². The summed E-state index contributed by atoms with van der Waals surface area (Å²) in [5, 5.41) is 11.7. The van der Waals surface area contributed by atoms with Gasteiger partial charge in [-0.15, -0.1) is 0 Å². The molecule has 0 bridgehead atoms. The number of hydrogen-bond donors (Lipinski definition) is 1. The highest BCUT2D eigenvalue weighted by molar-refractivity contribution is 5.94. The number of anilines is 1. The molecule has 0 saturated heterocycles. The van der Waals surface area contributed by atoms with Crippen LogP contribution in [0.5, 0.6) is 0 Å². The van der Waals surface area contributed by atoms with E-state index in [1.54, 1.807) is 12.1 Å². The first-order valence-corrected chi connectivity index (χ1v) is 10.2. The molecule has 0 heterocycles. The van der Waals surface area contributed by atoms with Crippen LogP contribution in [-0.4, -0.2) is 23.7 Å². The van der Waals surface area contributed by atoms with Crippen LogP contribution in [-0.2, 0) is 0 Å². The quantitative estimate of drug-likeness (QED) is 0.588. The zero-order valence-corrected chi connectivity index (χ0v) is 16.3. The molecule has 0 aromatic heterocycles. The van der Waals surface area contributed by atoms with Crippen molar-refractivity contribution in [1.29, 1.82) is 0 Å². The lowest BCUT2D eigenvalue weighted by Crippen LogP contribution is -2.38. The number of nitrogens with zero attached hydrogens (tertiary/aromatic N) is 1. The number of carbonyl (C=O) groups is 1. The summed E-state index contributed by atoms with van der Waals surface area (Å²) < 4.78 is 0. The van der Waals surface area contributed by atoms with Gasteiger partial charge in [-0.05, 0) is 61.3 Å². The lowest BCUT2D eigenvalue weighted by atomic mass is 9.80. The standard InChI is InChI=1S/C25H27NO2/c1-2-26(24-12-6-8-19-7-3-4-11-23(19)24)22-10-5-9-21(17-22)18-13-15-20(16-14-18)25(27)28/h3-4,6-8,11-16,21-22H,2,5,9-10,17H2,1H3,(H,27,28). The monoisotopic (exact) mass is 373 g/mol. The van der Waals surface area contributed by atoms with E-state index >= 15 is 0 Å². The van der Waals surface area contributed by atoms with Crippen molar-refractivity contribution in [2.24, 2.45) is 0 Å². The third-order valence-corrected chi connectivity index (χ3v) is 6.13. The van der Waals surface area contributed by atoms with E-state index < -0.39 is 5.97 Å². The zero-order chi connectivity index (χ0) is 19.5. The second kappa shape index (κ2) is 8.05. The van der Waals surface area contributed by atoms with Crippen LogP contribution < -0.4 is 4.90 Å². The van der Waals surface area contributed by atoms with Crippen molar-refractivity contribution in [3.05, 3.63) is 77.9 Å². The van der Waals surface area contributed by atoms with Crippen LogP contribution >= 0.6 is 0 Å². The highest BCUT2D eigenvalue weighted by atomic mass is 16.4. The van der Waals surface area contributed by atoms with Crippen molar-refractivity contribution in [2.75, 3.05) is 11.4 Å². The van der Waals surface area contributed by atoms with Gasteiger partial charge in [-0.2, -0.15) is 0 Å². The molecule has 0 spiro atoms. The third kappa shape index (κ3) is 3.62. The lowest BCUT2D eigenvalue weighted by Gasteiger charge is -2.39. The van der Waals surface area contributed by atoms with Crippen LogP contribution in [0.4, 0.5) is 5.69 Å². The van der Waals surface area contributed by atoms with Crippen molar-refractivity contribution in [2.45, 2.75) is 44.6 Å². The smallest absolute Gasteiger partial charge is 0.335 e. The van der Waals surface area contributed by atoms with Gasteiger partial charge in [0.25, 0.3) is 0 Å². The second-order valence-corrected chi connectivity index (χ2v) is 7.73. The lowest BCUT2D eigenvalue weighted by molar-refractivity contribution is 0.0697. The molecule has 1 aliphatic carbocycles. The molecule has 3 aromatic rings. The van der Waals surface area contributed by atoms with Crippen molar-refractivity contribution in [3.63, 3.8) is 0 Å². The molecule has 144 valence electrons. The topological polar surface area (TPSA) is 40.5 Å². The van der Waals surface area contributed by atoms with Crippen molar-refractivity contribution in [3.8, 4) is 0 Å². The molecule has 1 fully saturated rings. The van der Waals surface area contributed by atoms with Crippen LogP contribution in [0.3, 0.4) is 0 Å². The Kier molecular flexibility index (Phi) is 5.34. The van der Waals surface area contributed by atoms with Crippen LogP contribution in [0.25, 0.3) is 10.8 Å².